The van der Waals surface area contributed by atoms with Crippen molar-refractivity contribution >= 4 is 29.1 Å². The molecule has 0 spiro atoms. The zero-order valence-corrected chi connectivity index (χ0v) is 18.4. The molecule has 0 aromatic heterocycles. The number of halogens is 3. The monoisotopic (exact) mass is 469 g/mol. The van der Waals surface area contributed by atoms with E-state index in [1.54, 1.807) is 18.2 Å². The maximum absolute atomic E-state index is 12.9. The van der Waals surface area contributed by atoms with Gasteiger partial charge in [0.05, 0.1) is 12.1 Å². The van der Waals surface area contributed by atoms with Crippen molar-refractivity contribution in [3.05, 3.63) is 94.5 Å². The fraction of sp³-hybridized carbons (Fsp3) is 0.160. The van der Waals surface area contributed by atoms with Gasteiger partial charge in [-0.15, -0.1) is 0 Å². The van der Waals surface area contributed by atoms with Gasteiger partial charge in [-0.1, -0.05) is 18.2 Å². The minimum absolute atomic E-state index is 0.0108. The van der Waals surface area contributed by atoms with Crippen molar-refractivity contribution in [3.63, 3.8) is 0 Å². The molecule has 3 rings (SSSR count). The predicted octanol–water partition coefficient (Wildman–Crippen LogP) is 4.94. The third-order valence-corrected chi connectivity index (χ3v) is 5.03. The molecule has 0 aliphatic carbocycles. The standard InChI is InChI=1S/C25H22F3N3O3/c1-15-9-10-18(11-16(15)2)23(33)29-14-22(32)30-20-7-3-5-17(12-20)24(34)31-21-8-4-6-19(13-21)25(26,27)28/h3-13H,14H2,1-2H3,(H,29,33)(H,30,32)(H,31,34). The summed E-state index contributed by atoms with van der Waals surface area (Å²) in [5.41, 5.74) is 1.97. The van der Waals surface area contributed by atoms with Crippen LogP contribution in [0.15, 0.2) is 66.7 Å². The van der Waals surface area contributed by atoms with Gasteiger partial charge in [0.1, 0.15) is 0 Å². The Morgan fingerprint density at radius 3 is 2.06 bits per heavy atom. The Kier molecular flexibility index (Phi) is 7.35. The summed E-state index contributed by atoms with van der Waals surface area (Å²) in [6, 6.07) is 15.4. The quantitative estimate of drug-likeness (QED) is 0.478. The Hall–Kier alpha value is -4.14. The van der Waals surface area contributed by atoms with Crippen LogP contribution in [0.25, 0.3) is 0 Å². The summed E-state index contributed by atoms with van der Waals surface area (Å²) in [6.45, 7) is 3.53. The Labute approximate surface area is 194 Å². The van der Waals surface area contributed by atoms with Crippen LogP contribution >= 0.6 is 0 Å². The molecule has 3 aromatic rings. The van der Waals surface area contributed by atoms with Gasteiger partial charge in [-0.05, 0) is 73.5 Å². The second-order valence-electron chi connectivity index (χ2n) is 7.64. The molecule has 3 amide bonds. The van der Waals surface area contributed by atoms with E-state index in [9.17, 15) is 27.6 Å². The topological polar surface area (TPSA) is 87.3 Å². The van der Waals surface area contributed by atoms with Crippen LogP contribution in [0.2, 0.25) is 0 Å². The van der Waals surface area contributed by atoms with Gasteiger partial charge < -0.3 is 16.0 Å². The van der Waals surface area contributed by atoms with Gasteiger partial charge in [0, 0.05) is 22.5 Å². The minimum atomic E-state index is -4.53. The van der Waals surface area contributed by atoms with Crippen molar-refractivity contribution in [2.45, 2.75) is 20.0 Å². The first-order valence-electron chi connectivity index (χ1n) is 10.3. The lowest BCUT2D eigenvalue weighted by molar-refractivity contribution is -0.137. The number of aryl methyl sites for hydroxylation is 2. The molecule has 34 heavy (non-hydrogen) atoms. The SMILES string of the molecule is Cc1ccc(C(=O)NCC(=O)Nc2cccc(C(=O)Nc3cccc(C(F)(F)F)c3)c2)cc1C. The van der Waals surface area contributed by atoms with Gasteiger partial charge in [-0.2, -0.15) is 13.2 Å². The van der Waals surface area contributed by atoms with E-state index in [-0.39, 0.29) is 17.8 Å². The van der Waals surface area contributed by atoms with Gasteiger partial charge in [-0.3, -0.25) is 14.4 Å². The van der Waals surface area contributed by atoms with Crippen LogP contribution in [-0.2, 0) is 11.0 Å². The number of nitrogens with one attached hydrogen (secondary N) is 3. The third kappa shape index (κ3) is 6.44. The largest absolute Gasteiger partial charge is 0.416 e. The van der Waals surface area contributed by atoms with Crippen LogP contribution in [0, 0.1) is 13.8 Å². The van der Waals surface area contributed by atoms with Gasteiger partial charge in [0.2, 0.25) is 5.91 Å². The molecule has 0 heterocycles. The summed E-state index contributed by atoms with van der Waals surface area (Å²) in [7, 11) is 0. The first-order chi connectivity index (χ1) is 16.0. The zero-order chi connectivity index (χ0) is 24.9. The lowest BCUT2D eigenvalue weighted by Gasteiger charge is -2.11. The molecule has 0 aliphatic rings. The molecular formula is C25H22F3N3O3. The molecule has 0 saturated carbocycles. The van der Waals surface area contributed by atoms with Crippen LogP contribution in [-0.4, -0.2) is 24.3 Å². The molecule has 0 unspecified atom stereocenters. The number of amides is 3. The average Bonchev–Trinajstić information content (AvgIpc) is 2.79. The fourth-order valence-electron chi connectivity index (χ4n) is 3.07. The van der Waals surface area contributed by atoms with E-state index in [0.717, 1.165) is 23.3 Å². The number of hydrogen-bond acceptors (Lipinski definition) is 3. The lowest BCUT2D eigenvalue weighted by atomic mass is 10.1. The van der Waals surface area contributed by atoms with E-state index < -0.39 is 29.5 Å². The van der Waals surface area contributed by atoms with Crippen molar-refractivity contribution in [1.82, 2.24) is 5.32 Å². The van der Waals surface area contributed by atoms with Crippen molar-refractivity contribution in [2.75, 3.05) is 17.2 Å². The van der Waals surface area contributed by atoms with Crippen LogP contribution in [0.5, 0.6) is 0 Å². The van der Waals surface area contributed by atoms with E-state index in [1.165, 1.54) is 30.3 Å². The number of benzene rings is 3. The molecule has 176 valence electrons. The van der Waals surface area contributed by atoms with E-state index in [0.29, 0.717) is 11.3 Å². The average molecular weight is 469 g/mol. The molecule has 0 fully saturated rings. The summed E-state index contributed by atoms with van der Waals surface area (Å²) in [5.74, 6) is -1.54. The van der Waals surface area contributed by atoms with Crippen LogP contribution in [0.3, 0.4) is 0 Å². The van der Waals surface area contributed by atoms with Gasteiger partial charge in [0.15, 0.2) is 0 Å². The third-order valence-electron chi connectivity index (χ3n) is 5.03. The smallest absolute Gasteiger partial charge is 0.343 e. The number of anilines is 2. The highest BCUT2D eigenvalue weighted by molar-refractivity contribution is 6.05. The second kappa shape index (κ2) is 10.2. The van der Waals surface area contributed by atoms with Crippen LogP contribution in [0.4, 0.5) is 24.5 Å². The first kappa shape index (κ1) is 24.5. The molecule has 0 atom stereocenters. The van der Waals surface area contributed by atoms with Gasteiger partial charge >= 0.3 is 6.18 Å². The van der Waals surface area contributed by atoms with Crippen LogP contribution in [0.1, 0.15) is 37.4 Å². The van der Waals surface area contributed by atoms with Gasteiger partial charge in [-0.25, -0.2) is 0 Å². The Morgan fingerprint density at radius 2 is 1.38 bits per heavy atom. The van der Waals surface area contributed by atoms with E-state index in [2.05, 4.69) is 16.0 Å². The maximum Gasteiger partial charge on any atom is 0.416 e. The normalized spacial score (nSPS) is 11.0. The number of carbonyl (C=O) groups excluding carboxylic acids is 3. The van der Waals surface area contributed by atoms with E-state index in [4.69, 9.17) is 0 Å². The molecule has 9 heteroatoms. The Morgan fingerprint density at radius 1 is 0.735 bits per heavy atom. The van der Waals surface area contributed by atoms with Gasteiger partial charge in [0.25, 0.3) is 11.8 Å². The second-order valence-corrected chi connectivity index (χ2v) is 7.64. The molecule has 0 aliphatic heterocycles. The van der Waals surface area contributed by atoms with Crippen molar-refractivity contribution in [3.8, 4) is 0 Å². The summed E-state index contributed by atoms with van der Waals surface area (Å²) in [4.78, 5) is 37.0. The van der Waals surface area contributed by atoms with Crippen molar-refractivity contribution in [1.29, 1.82) is 0 Å². The fourth-order valence-corrected chi connectivity index (χ4v) is 3.07. The minimum Gasteiger partial charge on any atom is -0.343 e. The predicted molar refractivity (Wildman–Crippen MR) is 123 cm³/mol. The summed E-state index contributed by atoms with van der Waals surface area (Å²) >= 11 is 0. The van der Waals surface area contributed by atoms with E-state index >= 15 is 0 Å². The number of alkyl halides is 3. The molecule has 0 saturated heterocycles. The summed E-state index contributed by atoms with van der Waals surface area (Å²) < 4.78 is 38.6. The molecule has 3 aromatic carbocycles. The molecule has 6 nitrogen and oxygen atoms in total. The van der Waals surface area contributed by atoms with Crippen LogP contribution < -0.4 is 16.0 Å². The van der Waals surface area contributed by atoms with Crippen molar-refractivity contribution in [2.24, 2.45) is 0 Å². The highest BCUT2D eigenvalue weighted by atomic mass is 19.4. The summed E-state index contributed by atoms with van der Waals surface area (Å²) in [5, 5.41) is 7.52. The highest BCUT2D eigenvalue weighted by Crippen LogP contribution is 2.30. The lowest BCUT2D eigenvalue weighted by Crippen LogP contribution is -2.32. The van der Waals surface area contributed by atoms with Crippen molar-refractivity contribution < 1.29 is 27.6 Å². The molecule has 0 bridgehead atoms. The number of carbonyl (C=O) groups is 3. The van der Waals surface area contributed by atoms with E-state index in [1.807, 2.05) is 19.9 Å². The zero-order valence-electron chi connectivity index (χ0n) is 18.4. The molecule has 0 radical (unpaired) electrons. The Balaban J connectivity index is 1.59. The Bertz CT molecular complexity index is 1240. The highest BCUT2D eigenvalue weighted by Gasteiger charge is 2.30. The number of rotatable bonds is 6. The first-order valence-corrected chi connectivity index (χ1v) is 10.3. The maximum atomic E-state index is 12.9. The number of hydrogen-bond donors (Lipinski definition) is 3. The molecule has 3 N–H and O–H groups in total. The summed E-state index contributed by atoms with van der Waals surface area (Å²) in [6.07, 6.45) is -4.53. The molecular weight excluding hydrogens is 447 g/mol.